The summed E-state index contributed by atoms with van der Waals surface area (Å²) in [5.41, 5.74) is 1.31. The molecule has 0 aliphatic heterocycles. The van der Waals surface area contributed by atoms with Crippen molar-refractivity contribution in [3.8, 4) is 0 Å². The van der Waals surface area contributed by atoms with Crippen molar-refractivity contribution >= 4 is 58.2 Å². The Labute approximate surface area is 159 Å². The zero-order valence-corrected chi connectivity index (χ0v) is 15.6. The lowest BCUT2D eigenvalue weighted by molar-refractivity contribution is -0.114. The SMILES string of the molecule is CC(=O)Nc1cc(NC(=O)CSCc2ccc(Cl)cc2Cl)ccc1F. The van der Waals surface area contributed by atoms with Crippen molar-refractivity contribution < 1.29 is 14.0 Å². The predicted octanol–water partition coefficient (Wildman–Crippen LogP) is 4.96. The van der Waals surface area contributed by atoms with Crippen LogP contribution in [0.3, 0.4) is 0 Å². The summed E-state index contributed by atoms with van der Waals surface area (Å²) in [7, 11) is 0. The van der Waals surface area contributed by atoms with Crippen LogP contribution in [0, 0.1) is 5.82 Å². The summed E-state index contributed by atoms with van der Waals surface area (Å²) in [6.45, 7) is 1.28. The van der Waals surface area contributed by atoms with Gasteiger partial charge in [-0.2, -0.15) is 0 Å². The lowest BCUT2D eigenvalue weighted by atomic mass is 10.2. The third-order valence-corrected chi connectivity index (χ3v) is 4.64. The Morgan fingerprint density at radius 1 is 1.12 bits per heavy atom. The third kappa shape index (κ3) is 6.23. The molecule has 0 fully saturated rings. The molecule has 0 unspecified atom stereocenters. The maximum absolute atomic E-state index is 13.6. The average molecular weight is 401 g/mol. The van der Waals surface area contributed by atoms with Crippen LogP contribution in [0.25, 0.3) is 0 Å². The van der Waals surface area contributed by atoms with Crippen LogP contribution in [0.4, 0.5) is 15.8 Å². The van der Waals surface area contributed by atoms with E-state index in [0.717, 1.165) is 5.56 Å². The minimum absolute atomic E-state index is 0.0194. The molecule has 2 rings (SSSR count). The molecule has 2 amide bonds. The van der Waals surface area contributed by atoms with Crippen molar-refractivity contribution in [2.24, 2.45) is 0 Å². The van der Waals surface area contributed by atoms with Crippen LogP contribution in [0.2, 0.25) is 10.0 Å². The highest BCUT2D eigenvalue weighted by Gasteiger charge is 2.09. The maximum atomic E-state index is 13.6. The Morgan fingerprint density at radius 2 is 1.88 bits per heavy atom. The molecule has 0 atom stereocenters. The Morgan fingerprint density at radius 3 is 2.56 bits per heavy atom. The number of thioether (sulfide) groups is 1. The van der Waals surface area contributed by atoms with Crippen molar-refractivity contribution in [1.82, 2.24) is 0 Å². The van der Waals surface area contributed by atoms with Crippen LogP contribution < -0.4 is 10.6 Å². The molecule has 0 saturated heterocycles. The highest BCUT2D eigenvalue weighted by atomic mass is 35.5. The van der Waals surface area contributed by atoms with Crippen LogP contribution >= 0.6 is 35.0 Å². The van der Waals surface area contributed by atoms with Crippen LogP contribution in [-0.4, -0.2) is 17.6 Å². The van der Waals surface area contributed by atoms with Gasteiger partial charge in [-0.1, -0.05) is 29.3 Å². The first kappa shape index (κ1) is 19.6. The van der Waals surface area contributed by atoms with Crippen molar-refractivity contribution in [3.05, 3.63) is 57.8 Å². The zero-order chi connectivity index (χ0) is 18.4. The standard InChI is InChI=1S/C17H15Cl2FN2O2S/c1-10(23)21-16-7-13(4-5-15(16)20)22-17(24)9-25-8-11-2-3-12(18)6-14(11)19/h2-7H,8-9H2,1H3,(H,21,23)(H,22,24). The molecular weight excluding hydrogens is 386 g/mol. The normalized spacial score (nSPS) is 10.4. The van der Waals surface area contributed by atoms with Crippen LogP contribution in [0.1, 0.15) is 12.5 Å². The highest BCUT2D eigenvalue weighted by molar-refractivity contribution is 7.99. The van der Waals surface area contributed by atoms with E-state index in [2.05, 4.69) is 10.6 Å². The Hall–Kier alpha value is -1.76. The van der Waals surface area contributed by atoms with E-state index in [1.807, 2.05) is 6.07 Å². The fourth-order valence-electron chi connectivity index (χ4n) is 1.98. The monoisotopic (exact) mass is 400 g/mol. The van der Waals surface area contributed by atoms with Gasteiger partial charge in [-0.05, 0) is 35.9 Å². The van der Waals surface area contributed by atoms with Gasteiger partial charge in [0.2, 0.25) is 11.8 Å². The van der Waals surface area contributed by atoms with Crippen LogP contribution in [-0.2, 0) is 15.3 Å². The second-order valence-electron chi connectivity index (χ2n) is 5.15. The fourth-order valence-corrected chi connectivity index (χ4v) is 3.36. The number of hydrogen-bond donors (Lipinski definition) is 2. The Balaban J connectivity index is 1.88. The van der Waals surface area contributed by atoms with Gasteiger partial charge in [-0.25, -0.2) is 4.39 Å². The van der Waals surface area contributed by atoms with Crippen molar-refractivity contribution in [2.45, 2.75) is 12.7 Å². The van der Waals surface area contributed by atoms with Gasteiger partial charge < -0.3 is 10.6 Å². The van der Waals surface area contributed by atoms with Gasteiger partial charge in [-0.15, -0.1) is 11.8 Å². The fraction of sp³-hybridized carbons (Fsp3) is 0.176. The topological polar surface area (TPSA) is 58.2 Å². The number of benzene rings is 2. The summed E-state index contributed by atoms with van der Waals surface area (Å²) in [6, 6.07) is 9.19. The average Bonchev–Trinajstić information content (AvgIpc) is 2.52. The summed E-state index contributed by atoms with van der Waals surface area (Å²) in [5, 5.41) is 6.14. The van der Waals surface area contributed by atoms with Gasteiger partial charge >= 0.3 is 0 Å². The van der Waals surface area contributed by atoms with Gasteiger partial charge in [0.25, 0.3) is 0 Å². The first-order valence-electron chi connectivity index (χ1n) is 7.24. The molecule has 2 aromatic carbocycles. The van der Waals surface area contributed by atoms with Crippen LogP contribution in [0.15, 0.2) is 36.4 Å². The summed E-state index contributed by atoms with van der Waals surface area (Å²) in [5.74, 6) is -0.441. The van der Waals surface area contributed by atoms with Gasteiger partial charge in [0.15, 0.2) is 0 Å². The molecule has 0 aromatic heterocycles. The van der Waals surface area contributed by atoms with Gasteiger partial charge in [0, 0.05) is 28.4 Å². The first-order valence-corrected chi connectivity index (χ1v) is 9.15. The molecule has 2 N–H and O–H groups in total. The number of rotatable bonds is 6. The lowest BCUT2D eigenvalue weighted by Crippen LogP contribution is -2.15. The molecular formula is C17H15Cl2FN2O2S. The van der Waals surface area contributed by atoms with Gasteiger partial charge in [-0.3, -0.25) is 9.59 Å². The second-order valence-corrected chi connectivity index (χ2v) is 6.98. The number of hydrogen-bond acceptors (Lipinski definition) is 3. The first-order chi connectivity index (χ1) is 11.8. The minimum atomic E-state index is -0.569. The quantitative estimate of drug-likeness (QED) is 0.719. The zero-order valence-electron chi connectivity index (χ0n) is 13.2. The van der Waals surface area contributed by atoms with E-state index in [-0.39, 0.29) is 17.3 Å². The number of halogens is 3. The number of nitrogens with one attached hydrogen (secondary N) is 2. The predicted molar refractivity (Wildman–Crippen MR) is 102 cm³/mol. The Kier molecular flexibility index (Phi) is 7.11. The molecule has 0 aliphatic carbocycles. The number of anilines is 2. The molecule has 132 valence electrons. The van der Waals surface area contributed by atoms with Crippen molar-refractivity contribution in [2.75, 3.05) is 16.4 Å². The number of amides is 2. The molecule has 0 radical (unpaired) electrons. The molecule has 0 saturated carbocycles. The van der Waals surface area contributed by atoms with E-state index in [9.17, 15) is 14.0 Å². The van der Waals surface area contributed by atoms with E-state index in [4.69, 9.17) is 23.2 Å². The Bertz CT molecular complexity index is 802. The third-order valence-electron chi connectivity index (χ3n) is 3.07. The molecule has 25 heavy (non-hydrogen) atoms. The number of carbonyl (C=O) groups is 2. The second kappa shape index (κ2) is 9.08. The van der Waals surface area contributed by atoms with Crippen molar-refractivity contribution in [1.29, 1.82) is 0 Å². The van der Waals surface area contributed by atoms with E-state index in [1.165, 1.54) is 36.9 Å². The van der Waals surface area contributed by atoms with E-state index >= 15 is 0 Å². The summed E-state index contributed by atoms with van der Waals surface area (Å²) in [6.07, 6.45) is 0. The van der Waals surface area contributed by atoms with Crippen molar-refractivity contribution in [3.63, 3.8) is 0 Å². The molecule has 4 nitrogen and oxygen atoms in total. The largest absolute Gasteiger partial charge is 0.325 e. The summed E-state index contributed by atoms with van der Waals surface area (Å²) in [4.78, 5) is 23.0. The van der Waals surface area contributed by atoms with Gasteiger partial charge in [0.05, 0.1) is 11.4 Å². The maximum Gasteiger partial charge on any atom is 0.234 e. The summed E-state index contributed by atoms with van der Waals surface area (Å²) >= 11 is 13.3. The summed E-state index contributed by atoms with van der Waals surface area (Å²) < 4.78 is 13.6. The number of carbonyl (C=O) groups excluding carboxylic acids is 2. The van der Waals surface area contributed by atoms with E-state index < -0.39 is 11.7 Å². The molecule has 8 heteroatoms. The minimum Gasteiger partial charge on any atom is -0.325 e. The van der Waals surface area contributed by atoms with E-state index in [1.54, 1.807) is 12.1 Å². The lowest BCUT2D eigenvalue weighted by Gasteiger charge is -2.09. The van der Waals surface area contributed by atoms with E-state index in [0.29, 0.717) is 21.5 Å². The van der Waals surface area contributed by atoms with Gasteiger partial charge in [0.1, 0.15) is 5.82 Å². The molecule has 0 heterocycles. The smallest absolute Gasteiger partial charge is 0.234 e. The van der Waals surface area contributed by atoms with Crippen LogP contribution in [0.5, 0.6) is 0 Å². The highest BCUT2D eigenvalue weighted by Crippen LogP contribution is 2.25. The molecule has 0 bridgehead atoms. The molecule has 2 aromatic rings. The molecule has 0 spiro atoms. The molecule has 0 aliphatic rings.